The van der Waals surface area contributed by atoms with Gasteiger partial charge >= 0.3 is 39.5 Å². The van der Waals surface area contributed by atoms with Gasteiger partial charge in [0.2, 0.25) is 0 Å². The topological polar surface area (TPSA) is 237 Å². The van der Waals surface area contributed by atoms with E-state index in [4.69, 9.17) is 37.0 Å². The van der Waals surface area contributed by atoms with Crippen LogP contribution in [0, 0.1) is 11.8 Å². The number of aliphatic hydroxyl groups excluding tert-OH is 1. The Bertz CT molecular complexity index is 1680. The van der Waals surface area contributed by atoms with Crippen LogP contribution in [0.5, 0.6) is 0 Å². The van der Waals surface area contributed by atoms with Crippen molar-refractivity contribution in [3.8, 4) is 0 Å². The van der Waals surface area contributed by atoms with Gasteiger partial charge in [-0.2, -0.15) is 0 Å². The lowest BCUT2D eigenvalue weighted by Crippen LogP contribution is -2.30. The molecule has 0 aliphatic heterocycles. The molecule has 0 saturated carbocycles. The van der Waals surface area contributed by atoms with E-state index >= 15 is 0 Å². The number of phosphoric ester groups is 2. The van der Waals surface area contributed by atoms with Crippen molar-refractivity contribution in [2.24, 2.45) is 11.8 Å². The first-order chi connectivity index (χ1) is 41.4. The SMILES string of the molecule is CCCCCCCCCCCCC(=O)OC[C@H](COP(=O)(O)OC[C@H](O)COP(=O)(O)OC[C@@H](COC(=O)CCCCCCCCCC(C)C)OC(=O)CCCCCCCCCCCCCCCC(C)C)OC(=O)CCCCCCCCCCCC. The molecule has 0 amide bonds. The highest BCUT2D eigenvalue weighted by Crippen LogP contribution is 2.45. The second-order valence-corrected chi connectivity index (χ2v) is 28.1. The molecular formula is C67H130O17P2. The lowest BCUT2D eigenvalue weighted by Gasteiger charge is -2.21. The smallest absolute Gasteiger partial charge is 0.462 e. The predicted octanol–water partition coefficient (Wildman–Crippen LogP) is 18.8. The van der Waals surface area contributed by atoms with E-state index in [2.05, 4.69) is 41.5 Å². The van der Waals surface area contributed by atoms with Crippen LogP contribution in [0.3, 0.4) is 0 Å². The summed E-state index contributed by atoms with van der Waals surface area (Å²) in [6, 6.07) is 0. The van der Waals surface area contributed by atoms with Crippen LogP contribution >= 0.6 is 15.6 Å². The summed E-state index contributed by atoms with van der Waals surface area (Å²) in [5.41, 5.74) is 0. The summed E-state index contributed by atoms with van der Waals surface area (Å²) in [6.07, 6.45) is 43.0. The molecule has 0 fully saturated rings. The fourth-order valence-electron chi connectivity index (χ4n) is 10.1. The van der Waals surface area contributed by atoms with Crippen LogP contribution in [0.1, 0.15) is 337 Å². The van der Waals surface area contributed by atoms with E-state index in [0.29, 0.717) is 31.6 Å². The minimum absolute atomic E-state index is 0.106. The van der Waals surface area contributed by atoms with Crippen LogP contribution in [0.15, 0.2) is 0 Å². The molecule has 0 aromatic heterocycles. The zero-order valence-electron chi connectivity index (χ0n) is 55.6. The summed E-state index contributed by atoms with van der Waals surface area (Å²) in [5.74, 6) is -0.638. The van der Waals surface area contributed by atoms with Crippen molar-refractivity contribution in [1.82, 2.24) is 0 Å². The van der Waals surface area contributed by atoms with E-state index in [1.54, 1.807) is 0 Å². The Kier molecular flexibility index (Phi) is 58.0. The lowest BCUT2D eigenvalue weighted by molar-refractivity contribution is -0.161. The quantitative estimate of drug-likeness (QED) is 0.0222. The molecule has 5 atom stereocenters. The first-order valence-corrected chi connectivity index (χ1v) is 38.0. The maximum Gasteiger partial charge on any atom is 0.472 e. The Hall–Kier alpha value is -1.94. The number of ether oxygens (including phenoxy) is 4. The highest BCUT2D eigenvalue weighted by molar-refractivity contribution is 7.47. The second kappa shape index (κ2) is 59.4. The number of carbonyl (C=O) groups is 4. The summed E-state index contributed by atoms with van der Waals surface area (Å²) < 4.78 is 68.1. The summed E-state index contributed by atoms with van der Waals surface area (Å²) in [7, 11) is -9.89. The third-order valence-corrected chi connectivity index (χ3v) is 17.4. The number of unbranched alkanes of at least 4 members (excludes halogenated alkanes) is 36. The number of carbonyl (C=O) groups excluding carboxylic acids is 4. The highest BCUT2D eigenvalue weighted by atomic mass is 31.2. The molecule has 86 heavy (non-hydrogen) atoms. The number of hydrogen-bond donors (Lipinski definition) is 3. The zero-order chi connectivity index (χ0) is 63.6. The summed E-state index contributed by atoms with van der Waals surface area (Å²) in [5, 5.41) is 10.6. The minimum Gasteiger partial charge on any atom is -0.462 e. The van der Waals surface area contributed by atoms with Gasteiger partial charge in [-0.05, 0) is 37.5 Å². The average Bonchev–Trinajstić information content (AvgIpc) is 3.63. The lowest BCUT2D eigenvalue weighted by atomic mass is 10.0. The number of aliphatic hydroxyl groups is 1. The fraction of sp³-hybridized carbons (Fsp3) is 0.940. The van der Waals surface area contributed by atoms with Crippen molar-refractivity contribution in [1.29, 1.82) is 0 Å². The molecule has 0 rings (SSSR count). The van der Waals surface area contributed by atoms with E-state index in [9.17, 15) is 43.2 Å². The van der Waals surface area contributed by atoms with E-state index in [1.807, 2.05) is 0 Å². The molecule has 0 radical (unpaired) electrons. The van der Waals surface area contributed by atoms with Gasteiger partial charge in [0, 0.05) is 25.7 Å². The molecule has 0 aliphatic rings. The summed E-state index contributed by atoms with van der Waals surface area (Å²) >= 11 is 0. The van der Waals surface area contributed by atoms with Crippen molar-refractivity contribution in [2.75, 3.05) is 39.6 Å². The Morgan fingerprint density at radius 3 is 0.791 bits per heavy atom. The van der Waals surface area contributed by atoms with Crippen LogP contribution in [-0.2, 0) is 65.4 Å². The van der Waals surface area contributed by atoms with Gasteiger partial charge in [0.25, 0.3) is 0 Å². The standard InChI is InChI=1S/C67H130O17P2/c1-7-9-11-13-15-17-25-31-37-43-49-64(69)77-55-62(83-66(71)51-45-39-32-26-18-16-14-12-10-8-2)57-81-85(73,74)79-53-61(68)54-80-86(75,76)82-58-63(56-78-65(70)50-44-38-34-28-30-36-42-48-60(5)6)84-67(72)52-46-40-33-27-23-21-19-20-22-24-29-35-41-47-59(3)4/h59-63,68H,7-58H2,1-6H3,(H,73,74)(H,75,76)/t61-,62+,63+/m0/s1. The molecule has 510 valence electrons. The zero-order valence-corrected chi connectivity index (χ0v) is 57.4. The Morgan fingerprint density at radius 1 is 0.314 bits per heavy atom. The number of hydrogen-bond acceptors (Lipinski definition) is 15. The van der Waals surface area contributed by atoms with E-state index in [0.717, 1.165) is 102 Å². The van der Waals surface area contributed by atoms with Gasteiger partial charge < -0.3 is 33.8 Å². The van der Waals surface area contributed by atoms with Crippen LogP contribution in [0.4, 0.5) is 0 Å². The molecule has 3 N–H and O–H groups in total. The van der Waals surface area contributed by atoms with Crippen LogP contribution in [-0.4, -0.2) is 96.7 Å². The van der Waals surface area contributed by atoms with Crippen molar-refractivity contribution in [3.05, 3.63) is 0 Å². The molecule has 0 bridgehead atoms. The Balaban J connectivity index is 5.22. The van der Waals surface area contributed by atoms with E-state index < -0.39 is 97.5 Å². The van der Waals surface area contributed by atoms with Crippen LogP contribution in [0.2, 0.25) is 0 Å². The third-order valence-electron chi connectivity index (χ3n) is 15.5. The highest BCUT2D eigenvalue weighted by Gasteiger charge is 2.30. The number of phosphoric acid groups is 2. The van der Waals surface area contributed by atoms with Crippen molar-refractivity contribution < 1.29 is 80.2 Å². The van der Waals surface area contributed by atoms with E-state index in [-0.39, 0.29) is 25.7 Å². The fourth-order valence-corrected chi connectivity index (χ4v) is 11.6. The van der Waals surface area contributed by atoms with Crippen LogP contribution < -0.4 is 0 Å². The molecule has 0 aliphatic carbocycles. The molecular weight excluding hydrogens is 1140 g/mol. The molecule has 0 aromatic carbocycles. The predicted molar refractivity (Wildman–Crippen MR) is 345 cm³/mol. The maximum atomic E-state index is 13.0. The molecule has 2 unspecified atom stereocenters. The van der Waals surface area contributed by atoms with E-state index in [1.165, 1.54) is 148 Å². The monoisotopic (exact) mass is 1270 g/mol. The normalized spacial score (nSPS) is 14.2. The molecule has 0 spiro atoms. The first-order valence-electron chi connectivity index (χ1n) is 35.0. The summed E-state index contributed by atoms with van der Waals surface area (Å²) in [4.78, 5) is 72.3. The van der Waals surface area contributed by atoms with Gasteiger partial charge in [-0.15, -0.1) is 0 Å². The van der Waals surface area contributed by atoms with Crippen molar-refractivity contribution >= 4 is 39.5 Å². The first kappa shape index (κ1) is 84.1. The second-order valence-electron chi connectivity index (χ2n) is 25.2. The largest absolute Gasteiger partial charge is 0.472 e. The molecule has 0 heterocycles. The Morgan fingerprint density at radius 2 is 0.535 bits per heavy atom. The van der Waals surface area contributed by atoms with Crippen molar-refractivity contribution in [3.63, 3.8) is 0 Å². The minimum atomic E-state index is -4.95. The molecule has 17 nitrogen and oxygen atoms in total. The van der Waals surface area contributed by atoms with Gasteiger partial charge in [-0.25, -0.2) is 9.13 Å². The van der Waals surface area contributed by atoms with Gasteiger partial charge in [0.05, 0.1) is 26.4 Å². The average molecular weight is 1270 g/mol. The van der Waals surface area contributed by atoms with Crippen LogP contribution in [0.25, 0.3) is 0 Å². The molecule has 0 saturated heterocycles. The van der Waals surface area contributed by atoms with Gasteiger partial charge in [0.1, 0.15) is 19.3 Å². The van der Waals surface area contributed by atoms with Crippen molar-refractivity contribution in [2.45, 2.75) is 355 Å². The molecule has 19 heteroatoms. The number of esters is 4. The third kappa shape index (κ3) is 60.9. The Labute approximate surface area is 524 Å². The molecule has 0 aromatic rings. The maximum absolute atomic E-state index is 13.0. The van der Waals surface area contributed by atoms with Gasteiger partial charge in [-0.1, -0.05) is 286 Å². The summed E-state index contributed by atoms with van der Waals surface area (Å²) in [6.45, 7) is 9.47. The van der Waals surface area contributed by atoms with Gasteiger partial charge in [0.15, 0.2) is 12.2 Å². The van der Waals surface area contributed by atoms with Gasteiger partial charge in [-0.3, -0.25) is 37.3 Å². The number of rotatable bonds is 66.